The largest absolute Gasteiger partial charge is 0.507 e. The predicted molar refractivity (Wildman–Crippen MR) is 98.0 cm³/mol. The molecule has 1 amide bonds. The predicted octanol–water partition coefficient (Wildman–Crippen LogP) is 2.59. The maximum atomic E-state index is 12.2. The maximum Gasteiger partial charge on any atom is 0.240 e. The lowest BCUT2D eigenvalue weighted by Crippen LogP contribution is -2.26. The van der Waals surface area contributed by atoms with Gasteiger partial charge in [0.2, 0.25) is 5.91 Å². The third kappa shape index (κ3) is 4.33. The number of aromatic hydroxyl groups is 1. The van der Waals surface area contributed by atoms with E-state index in [1.54, 1.807) is 48.5 Å². The zero-order valence-corrected chi connectivity index (χ0v) is 13.9. The minimum absolute atomic E-state index is 0.0905. The molecule has 2 N–H and O–H groups in total. The summed E-state index contributed by atoms with van der Waals surface area (Å²) in [4.78, 5) is 24.2. The summed E-state index contributed by atoms with van der Waals surface area (Å²) in [5.74, 6) is -0.251. The molecular formula is C18H15N3O3S. The molecule has 2 aromatic rings. The second kappa shape index (κ2) is 7.76. The van der Waals surface area contributed by atoms with Gasteiger partial charge < -0.3 is 10.4 Å². The molecule has 1 atom stereocenters. The van der Waals surface area contributed by atoms with Gasteiger partial charge in [0.25, 0.3) is 0 Å². The van der Waals surface area contributed by atoms with Crippen LogP contribution in [0.25, 0.3) is 0 Å². The van der Waals surface area contributed by atoms with Crippen molar-refractivity contribution in [3.8, 4) is 5.75 Å². The molecule has 0 radical (unpaired) electrons. The summed E-state index contributed by atoms with van der Waals surface area (Å²) in [7, 11) is 0. The van der Waals surface area contributed by atoms with Crippen molar-refractivity contribution in [1.82, 2.24) is 5.32 Å². The van der Waals surface area contributed by atoms with Crippen LogP contribution in [0.1, 0.15) is 22.3 Å². The smallest absolute Gasteiger partial charge is 0.240 e. The summed E-state index contributed by atoms with van der Waals surface area (Å²) in [5.41, 5.74) is 1.11. The van der Waals surface area contributed by atoms with Crippen molar-refractivity contribution in [1.29, 1.82) is 0 Å². The van der Waals surface area contributed by atoms with Crippen LogP contribution in [0.2, 0.25) is 0 Å². The number of nitrogens with zero attached hydrogens (tertiary/aromatic N) is 2. The van der Waals surface area contributed by atoms with Crippen LogP contribution in [0.15, 0.2) is 64.8 Å². The molecule has 0 bridgehead atoms. The summed E-state index contributed by atoms with van der Waals surface area (Å²) in [6.07, 6.45) is 1.50. The molecule has 1 saturated heterocycles. The summed E-state index contributed by atoms with van der Waals surface area (Å²) in [6.45, 7) is 0. The Morgan fingerprint density at radius 3 is 2.64 bits per heavy atom. The van der Waals surface area contributed by atoms with Crippen LogP contribution in [0.3, 0.4) is 0 Å². The van der Waals surface area contributed by atoms with Crippen LogP contribution < -0.4 is 5.32 Å². The van der Waals surface area contributed by atoms with Gasteiger partial charge >= 0.3 is 0 Å². The van der Waals surface area contributed by atoms with E-state index in [9.17, 15) is 14.7 Å². The van der Waals surface area contributed by atoms with E-state index in [-0.39, 0.29) is 23.9 Å². The molecule has 25 heavy (non-hydrogen) atoms. The van der Waals surface area contributed by atoms with Crippen LogP contribution in [0.4, 0.5) is 0 Å². The number of hydrogen-bond acceptors (Lipinski definition) is 6. The fourth-order valence-electron chi connectivity index (χ4n) is 2.24. The monoisotopic (exact) mass is 353 g/mol. The highest BCUT2D eigenvalue weighted by Gasteiger charge is 2.32. The molecule has 1 unspecified atom stereocenters. The van der Waals surface area contributed by atoms with E-state index in [4.69, 9.17) is 0 Å². The summed E-state index contributed by atoms with van der Waals surface area (Å²) < 4.78 is 0. The number of phenolic OH excluding ortho intramolecular Hbond substituents is 1. The van der Waals surface area contributed by atoms with Gasteiger partial charge in [0.15, 0.2) is 11.0 Å². The van der Waals surface area contributed by atoms with Crippen molar-refractivity contribution in [3.05, 3.63) is 65.7 Å². The standard InChI is InChI=1S/C18H15N3O3S/c22-14-9-5-4-8-13(14)11-19-21-18-20-17(24)16(25-18)10-15(23)12-6-2-1-3-7-12/h1-9,11,16,22H,10H2,(H,20,21,24). The molecule has 7 heteroatoms. The van der Waals surface area contributed by atoms with Gasteiger partial charge in [0.05, 0.1) is 11.5 Å². The molecule has 6 nitrogen and oxygen atoms in total. The zero-order valence-electron chi connectivity index (χ0n) is 13.1. The fourth-order valence-corrected chi connectivity index (χ4v) is 3.16. The van der Waals surface area contributed by atoms with E-state index in [0.29, 0.717) is 16.3 Å². The minimum atomic E-state index is -0.521. The number of nitrogens with one attached hydrogen (secondary N) is 1. The Balaban J connectivity index is 1.62. The van der Waals surface area contributed by atoms with Crippen LogP contribution in [0, 0.1) is 0 Å². The van der Waals surface area contributed by atoms with Crippen molar-refractivity contribution in [2.45, 2.75) is 11.7 Å². The van der Waals surface area contributed by atoms with Gasteiger partial charge in [-0.1, -0.05) is 54.2 Å². The van der Waals surface area contributed by atoms with E-state index in [2.05, 4.69) is 15.5 Å². The van der Waals surface area contributed by atoms with Gasteiger partial charge in [-0.3, -0.25) is 9.59 Å². The number of ketones is 1. The van der Waals surface area contributed by atoms with E-state index < -0.39 is 5.25 Å². The molecule has 1 aliphatic rings. The normalized spacial score (nSPS) is 18.6. The summed E-state index contributed by atoms with van der Waals surface area (Å²) in [5, 5.41) is 19.9. The lowest BCUT2D eigenvalue weighted by atomic mass is 10.1. The van der Waals surface area contributed by atoms with Crippen LogP contribution in [-0.4, -0.2) is 33.4 Å². The molecule has 0 saturated carbocycles. The molecule has 2 aromatic carbocycles. The minimum Gasteiger partial charge on any atom is -0.507 e. The first kappa shape index (κ1) is 16.9. The highest BCUT2D eigenvalue weighted by Crippen LogP contribution is 2.24. The van der Waals surface area contributed by atoms with Crippen LogP contribution in [0.5, 0.6) is 5.75 Å². The van der Waals surface area contributed by atoms with Crippen molar-refractivity contribution < 1.29 is 14.7 Å². The Kier molecular flexibility index (Phi) is 5.25. The number of thioether (sulfide) groups is 1. The molecule has 0 spiro atoms. The summed E-state index contributed by atoms with van der Waals surface area (Å²) >= 11 is 1.17. The SMILES string of the molecule is O=C(CC1S/C(=N/N=Cc2ccccc2O)NC1=O)c1ccccc1. The summed E-state index contributed by atoms with van der Waals surface area (Å²) in [6, 6.07) is 15.6. The van der Waals surface area contributed by atoms with Gasteiger partial charge in [-0.05, 0) is 12.1 Å². The fraction of sp³-hybridized carbons (Fsp3) is 0.111. The number of benzene rings is 2. The Morgan fingerprint density at radius 1 is 1.16 bits per heavy atom. The van der Waals surface area contributed by atoms with Crippen LogP contribution in [-0.2, 0) is 4.79 Å². The number of carbonyl (C=O) groups is 2. The highest BCUT2D eigenvalue weighted by molar-refractivity contribution is 8.15. The van der Waals surface area contributed by atoms with Crippen molar-refractivity contribution in [2.75, 3.05) is 0 Å². The van der Waals surface area contributed by atoms with Gasteiger partial charge in [-0.15, -0.1) is 5.10 Å². The first-order valence-electron chi connectivity index (χ1n) is 7.58. The first-order chi connectivity index (χ1) is 12.1. The molecule has 3 rings (SSSR count). The molecule has 0 aliphatic carbocycles. The number of rotatable bonds is 5. The molecule has 1 heterocycles. The quantitative estimate of drug-likeness (QED) is 0.491. The van der Waals surface area contributed by atoms with Crippen molar-refractivity contribution in [3.63, 3.8) is 0 Å². The van der Waals surface area contributed by atoms with Crippen LogP contribution >= 0.6 is 11.8 Å². The van der Waals surface area contributed by atoms with Crippen molar-refractivity contribution in [2.24, 2.45) is 10.2 Å². The average molecular weight is 353 g/mol. The first-order valence-corrected chi connectivity index (χ1v) is 8.46. The van der Waals surface area contributed by atoms with E-state index in [1.807, 2.05) is 6.07 Å². The third-order valence-corrected chi connectivity index (χ3v) is 4.60. The zero-order chi connectivity index (χ0) is 17.6. The Morgan fingerprint density at radius 2 is 1.88 bits per heavy atom. The van der Waals surface area contributed by atoms with Gasteiger partial charge in [0, 0.05) is 17.5 Å². The molecule has 1 fully saturated rings. The van der Waals surface area contributed by atoms with Gasteiger partial charge in [-0.25, -0.2) is 0 Å². The number of para-hydroxylation sites is 1. The van der Waals surface area contributed by atoms with Gasteiger partial charge in [0.1, 0.15) is 5.75 Å². The second-order valence-electron chi connectivity index (χ2n) is 5.30. The number of Topliss-reactive ketones (excluding diaryl/α,β-unsaturated/α-hetero) is 1. The topological polar surface area (TPSA) is 91.1 Å². The Labute approximate surface area is 148 Å². The van der Waals surface area contributed by atoms with E-state index >= 15 is 0 Å². The second-order valence-corrected chi connectivity index (χ2v) is 6.49. The Bertz CT molecular complexity index is 850. The molecule has 0 aromatic heterocycles. The number of amides is 1. The van der Waals surface area contributed by atoms with E-state index in [0.717, 1.165) is 0 Å². The lowest BCUT2D eigenvalue weighted by Gasteiger charge is -2.04. The third-order valence-electron chi connectivity index (χ3n) is 3.53. The lowest BCUT2D eigenvalue weighted by molar-refractivity contribution is -0.118. The van der Waals surface area contributed by atoms with Crippen molar-refractivity contribution >= 4 is 34.8 Å². The maximum absolute atomic E-state index is 12.2. The average Bonchev–Trinajstić information content (AvgIpc) is 2.97. The number of carbonyl (C=O) groups excluding carboxylic acids is 2. The Hall–Kier alpha value is -2.93. The number of hydrogen-bond donors (Lipinski definition) is 2. The number of amidine groups is 1. The van der Waals surface area contributed by atoms with Gasteiger partial charge in [-0.2, -0.15) is 5.10 Å². The van der Waals surface area contributed by atoms with E-state index in [1.165, 1.54) is 18.0 Å². The molecular weight excluding hydrogens is 338 g/mol. The molecule has 126 valence electrons. The number of phenols is 1. The highest BCUT2D eigenvalue weighted by atomic mass is 32.2. The molecule has 1 aliphatic heterocycles.